The fourth-order valence-corrected chi connectivity index (χ4v) is 2.22. The van der Waals surface area contributed by atoms with Gasteiger partial charge in [-0.05, 0) is 31.9 Å². The Morgan fingerprint density at radius 3 is 2.72 bits per heavy atom. The molecule has 0 saturated carbocycles. The van der Waals surface area contributed by atoms with E-state index >= 15 is 0 Å². The Balaban J connectivity index is 2.10. The molecule has 2 rings (SSSR count). The van der Waals surface area contributed by atoms with Gasteiger partial charge in [-0.1, -0.05) is 25.1 Å². The first-order valence-corrected chi connectivity index (χ1v) is 6.58. The maximum atomic E-state index is 12.5. The first-order chi connectivity index (χ1) is 8.45. The van der Waals surface area contributed by atoms with E-state index in [-0.39, 0.29) is 17.5 Å². The van der Waals surface area contributed by atoms with E-state index in [2.05, 4.69) is 32.2 Å². The zero-order valence-electron chi connectivity index (χ0n) is 11.7. The highest BCUT2D eigenvalue weighted by Crippen LogP contribution is 2.27. The van der Waals surface area contributed by atoms with Gasteiger partial charge in [0.1, 0.15) is 6.04 Å². The van der Waals surface area contributed by atoms with Gasteiger partial charge in [-0.2, -0.15) is 0 Å². The van der Waals surface area contributed by atoms with Crippen LogP contribution in [0.15, 0.2) is 24.3 Å². The highest BCUT2D eigenvalue weighted by Gasteiger charge is 2.33. The topological polar surface area (TPSA) is 32.3 Å². The van der Waals surface area contributed by atoms with Crippen molar-refractivity contribution in [2.45, 2.75) is 45.2 Å². The summed E-state index contributed by atoms with van der Waals surface area (Å²) in [4.78, 5) is 14.4. The molecule has 0 aliphatic carbocycles. The predicted molar refractivity (Wildman–Crippen MR) is 74.7 cm³/mol. The van der Waals surface area contributed by atoms with Crippen molar-refractivity contribution in [1.29, 1.82) is 0 Å². The molecule has 98 valence electrons. The molecule has 1 aliphatic heterocycles. The van der Waals surface area contributed by atoms with Gasteiger partial charge in [-0.15, -0.1) is 0 Å². The number of nitrogens with one attached hydrogen (secondary N) is 1. The Morgan fingerprint density at radius 2 is 2.11 bits per heavy atom. The van der Waals surface area contributed by atoms with Gasteiger partial charge in [0.15, 0.2) is 0 Å². The second-order valence-electron chi connectivity index (χ2n) is 5.62. The van der Waals surface area contributed by atoms with Crippen LogP contribution in [-0.2, 0) is 11.2 Å². The minimum atomic E-state index is -0.113. The second-order valence-corrected chi connectivity index (χ2v) is 5.62. The van der Waals surface area contributed by atoms with Crippen molar-refractivity contribution in [2.75, 3.05) is 12.4 Å². The van der Waals surface area contributed by atoms with E-state index in [1.54, 1.807) is 0 Å². The molecule has 1 N–H and O–H groups in total. The minimum absolute atomic E-state index is 0.0897. The number of hydrogen-bond donors (Lipinski definition) is 1. The standard InChI is InChI=1S/C15H22N2O/c1-5-15(2,3)17(4)14(18)13-10-11-8-6-7-9-12(11)16-13/h6-9,13,16H,5,10H2,1-4H3/t13-/m0/s1. The molecular formula is C15H22N2O. The number of para-hydroxylation sites is 1. The molecule has 1 aromatic rings. The van der Waals surface area contributed by atoms with Gasteiger partial charge >= 0.3 is 0 Å². The number of anilines is 1. The second kappa shape index (κ2) is 4.63. The highest BCUT2D eigenvalue weighted by molar-refractivity contribution is 5.87. The summed E-state index contributed by atoms with van der Waals surface area (Å²) in [5, 5.41) is 3.32. The fraction of sp³-hybridized carbons (Fsp3) is 0.533. The molecule has 1 heterocycles. The van der Waals surface area contributed by atoms with Crippen LogP contribution >= 0.6 is 0 Å². The molecule has 0 radical (unpaired) electrons. The van der Waals surface area contributed by atoms with Crippen LogP contribution in [0.2, 0.25) is 0 Å². The minimum Gasteiger partial charge on any atom is -0.373 e. The van der Waals surface area contributed by atoms with Crippen molar-refractivity contribution < 1.29 is 4.79 Å². The van der Waals surface area contributed by atoms with Crippen LogP contribution in [0.3, 0.4) is 0 Å². The lowest BCUT2D eigenvalue weighted by Crippen LogP contribution is -2.50. The molecule has 1 aliphatic rings. The molecule has 0 bridgehead atoms. The Morgan fingerprint density at radius 1 is 1.44 bits per heavy atom. The Hall–Kier alpha value is -1.51. The van der Waals surface area contributed by atoms with Gasteiger partial charge in [0.25, 0.3) is 0 Å². The van der Waals surface area contributed by atoms with Crippen molar-refractivity contribution in [3.8, 4) is 0 Å². The van der Waals surface area contributed by atoms with Gasteiger partial charge in [-0.3, -0.25) is 4.79 Å². The molecule has 0 aromatic heterocycles. The molecule has 3 heteroatoms. The van der Waals surface area contributed by atoms with Crippen molar-refractivity contribution in [3.05, 3.63) is 29.8 Å². The van der Waals surface area contributed by atoms with Crippen LogP contribution in [0.4, 0.5) is 5.69 Å². The molecule has 1 aromatic carbocycles. The average Bonchev–Trinajstić information content (AvgIpc) is 2.80. The highest BCUT2D eigenvalue weighted by atomic mass is 16.2. The maximum absolute atomic E-state index is 12.5. The van der Waals surface area contributed by atoms with Crippen LogP contribution in [0, 0.1) is 0 Å². The Kier molecular flexibility index (Phi) is 3.33. The van der Waals surface area contributed by atoms with E-state index < -0.39 is 0 Å². The number of hydrogen-bond acceptors (Lipinski definition) is 2. The summed E-state index contributed by atoms with van der Waals surface area (Å²) in [6, 6.07) is 8.03. The van der Waals surface area contributed by atoms with E-state index in [9.17, 15) is 4.79 Å². The molecule has 3 nitrogen and oxygen atoms in total. The molecule has 1 atom stereocenters. The van der Waals surface area contributed by atoms with E-state index in [0.29, 0.717) is 0 Å². The summed E-state index contributed by atoms with van der Waals surface area (Å²) < 4.78 is 0. The molecule has 0 unspecified atom stereocenters. The average molecular weight is 246 g/mol. The number of carbonyl (C=O) groups is 1. The number of fused-ring (bicyclic) bond motifs is 1. The third kappa shape index (κ3) is 2.22. The SMILES string of the molecule is CCC(C)(C)N(C)C(=O)[C@@H]1Cc2ccccc2N1. The lowest BCUT2D eigenvalue weighted by atomic mass is 9.98. The van der Waals surface area contributed by atoms with Gasteiger partial charge in [0, 0.05) is 24.7 Å². The van der Waals surface area contributed by atoms with Crippen molar-refractivity contribution in [3.63, 3.8) is 0 Å². The summed E-state index contributed by atoms with van der Waals surface area (Å²) in [6.45, 7) is 6.32. The largest absolute Gasteiger partial charge is 0.373 e. The Labute approximate surface area is 109 Å². The van der Waals surface area contributed by atoms with E-state index in [1.165, 1.54) is 5.56 Å². The molecule has 18 heavy (non-hydrogen) atoms. The summed E-state index contributed by atoms with van der Waals surface area (Å²) >= 11 is 0. The number of likely N-dealkylation sites (N-methyl/N-ethyl adjacent to an activating group) is 1. The van der Waals surface area contributed by atoms with Gasteiger partial charge in [-0.25, -0.2) is 0 Å². The number of nitrogens with zero attached hydrogens (tertiary/aromatic N) is 1. The van der Waals surface area contributed by atoms with Crippen molar-refractivity contribution in [1.82, 2.24) is 4.90 Å². The van der Waals surface area contributed by atoms with Gasteiger partial charge in [0.2, 0.25) is 5.91 Å². The summed E-state index contributed by atoms with van der Waals surface area (Å²) in [5.74, 6) is 0.179. The lowest BCUT2D eigenvalue weighted by Gasteiger charge is -2.36. The van der Waals surface area contributed by atoms with Crippen molar-refractivity contribution in [2.24, 2.45) is 0 Å². The van der Waals surface area contributed by atoms with Crippen LogP contribution in [0.5, 0.6) is 0 Å². The number of carbonyl (C=O) groups excluding carboxylic acids is 1. The maximum Gasteiger partial charge on any atom is 0.245 e. The first kappa shape index (κ1) is 12.9. The molecule has 0 spiro atoms. The van der Waals surface area contributed by atoms with E-state index in [1.807, 2.05) is 30.1 Å². The van der Waals surface area contributed by atoms with Gasteiger partial charge < -0.3 is 10.2 Å². The molecule has 0 saturated heterocycles. The van der Waals surface area contributed by atoms with Crippen LogP contribution in [-0.4, -0.2) is 29.4 Å². The number of rotatable bonds is 3. The number of benzene rings is 1. The zero-order chi connectivity index (χ0) is 13.3. The number of amides is 1. The quantitative estimate of drug-likeness (QED) is 0.889. The first-order valence-electron chi connectivity index (χ1n) is 6.58. The zero-order valence-corrected chi connectivity index (χ0v) is 11.7. The molecule has 0 fully saturated rings. The van der Waals surface area contributed by atoms with Crippen LogP contribution in [0.1, 0.15) is 32.8 Å². The fourth-order valence-electron chi connectivity index (χ4n) is 2.22. The summed E-state index contributed by atoms with van der Waals surface area (Å²) in [5.41, 5.74) is 2.24. The smallest absolute Gasteiger partial charge is 0.245 e. The van der Waals surface area contributed by atoms with Crippen LogP contribution in [0.25, 0.3) is 0 Å². The summed E-state index contributed by atoms with van der Waals surface area (Å²) in [7, 11) is 1.90. The lowest BCUT2D eigenvalue weighted by molar-refractivity contribution is -0.135. The normalized spacial score (nSPS) is 18.1. The monoisotopic (exact) mass is 246 g/mol. The third-order valence-electron chi connectivity index (χ3n) is 4.17. The van der Waals surface area contributed by atoms with Crippen molar-refractivity contribution >= 4 is 11.6 Å². The van der Waals surface area contributed by atoms with Gasteiger partial charge in [0.05, 0.1) is 0 Å². The Bertz CT molecular complexity index is 429. The van der Waals surface area contributed by atoms with Crippen LogP contribution < -0.4 is 5.32 Å². The molecular weight excluding hydrogens is 224 g/mol. The predicted octanol–water partition coefficient (Wildman–Crippen LogP) is 2.67. The summed E-state index contributed by atoms with van der Waals surface area (Å²) in [6.07, 6.45) is 1.74. The molecule has 1 amide bonds. The van der Waals surface area contributed by atoms with E-state index in [4.69, 9.17) is 0 Å². The third-order valence-corrected chi connectivity index (χ3v) is 4.17. The van der Waals surface area contributed by atoms with E-state index in [0.717, 1.165) is 18.5 Å².